The van der Waals surface area contributed by atoms with Gasteiger partial charge in [-0.05, 0) is 50.2 Å². The van der Waals surface area contributed by atoms with E-state index in [0.29, 0.717) is 52.8 Å². The maximum Gasteiger partial charge on any atom is 0.350 e. The number of nitrogens with zero attached hydrogens (tertiary/aromatic N) is 4. The Balaban J connectivity index is 1.50. The molecule has 0 aliphatic heterocycles. The predicted octanol–water partition coefficient (Wildman–Crippen LogP) is 4.47. The van der Waals surface area contributed by atoms with Gasteiger partial charge in [0.1, 0.15) is 10.7 Å². The van der Waals surface area contributed by atoms with Crippen LogP contribution in [0, 0.1) is 13.8 Å². The molecule has 0 spiro atoms. The lowest BCUT2D eigenvalue weighted by Crippen LogP contribution is -2.27. The van der Waals surface area contributed by atoms with Gasteiger partial charge in [0.2, 0.25) is 17.6 Å². The van der Waals surface area contributed by atoms with Crippen LogP contribution in [0.2, 0.25) is 0 Å². The van der Waals surface area contributed by atoms with Crippen LogP contribution in [0.1, 0.15) is 53.9 Å². The second-order valence-electron chi connectivity index (χ2n) is 8.83. The lowest BCUT2D eigenvalue weighted by Gasteiger charge is -2.20. The second-order valence-corrected chi connectivity index (χ2v) is 9.83. The van der Waals surface area contributed by atoms with Crippen LogP contribution >= 0.6 is 11.3 Å². The molecule has 4 N–H and O–H groups in total. The number of aryl methyl sites for hydroxylation is 2. The summed E-state index contributed by atoms with van der Waals surface area (Å²) in [5.41, 5.74) is 7.09. The van der Waals surface area contributed by atoms with Gasteiger partial charge in [0.05, 0.1) is 12.3 Å². The Hall–Kier alpha value is -3.90. The highest BCUT2D eigenvalue weighted by Gasteiger charge is 2.20. The summed E-state index contributed by atoms with van der Waals surface area (Å²) >= 11 is 1.11. The van der Waals surface area contributed by atoms with Gasteiger partial charge >= 0.3 is 5.97 Å². The number of aromatic nitrogens is 4. The normalized spacial score (nSPS) is 11.9. The molecule has 200 valence electrons. The molecule has 0 saturated heterocycles. The molecule has 0 radical (unpaired) electrons. The van der Waals surface area contributed by atoms with Crippen molar-refractivity contribution in [1.29, 1.82) is 0 Å². The maximum atomic E-state index is 13.0. The predicted molar refractivity (Wildman–Crippen MR) is 146 cm³/mol. The number of benzene rings is 1. The number of hydrogen-bond donors (Lipinski definition) is 3. The van der Waals surface area contributed by atoms with Crippen molar-refractivity contribution in [1.82, 2.24) is 20.1 Å². The molecule has 1 unspecified atom stereocenters. The molecule has 0 fully saturated rings. The molecule has 0 aliphatic rings. The number of hydrogen-bond acceptors (Lipinski definition) is 11. The number of thiazole rings is 1. The van der Waals surface area contributed by atoms with Crippen molar-refractivity contribution in [2.24, 2.45) is 5.73 Å². The van der Waals surface area contributed by atoms with E-state index in [1.807, 2.05) is 31.2 Å². The Bertz CT molecular complexity index is 1420. The first kappa shape index (κ1) is 27.1. The molecule has 3 heterocycles. The van der Waals surface area contributed by atoms with E-state index >= 15 is 0 Å². The van der Waals surface area contributed by atoms with E-state index in [0.717, 1.165) is 40.5 Å². The summed E-state index contributed by atoms with van der Waals surface area (Å²) in [6.07, 6.45) is 4.01. The number of nitrogens with one attached hydrogen (secondary N) is 2. The minimum absolute atomic E-state index is 0.163. The topological polar surface area (TPSA) is 158 Å². The van der Waals surface area contributed by atoms with Gasteiger partial charge in [-0.25, -0.2) is 14.8 Å². The lowest BCUT2D eigenvalue weighted by atomic mass is 10.0. The summed E-state index contributed by atoms with van der Waals surface area (Å²) < 4.78 is 10.3. The van der Waals surface area contributed by atoms with E-state index in [-0.39, 0.29) is 18.4 Å². The zero-order chi connectivity index (χ0) is 27.1. The van der Waals surface area contributed by atoms with Crippen molar-refractivity contribution in [2.45, 2.75) is 52.5 Å². The molecular weight excluding hydrogens is 506 g/mol. The molecule has 0 bridgehead atoms. The number of fused-ring (bicyclic) bond motifs is 1. The largest absolute Gasteiger partial charge is 0.461 e. The number of rotatable bonds is 12. The Labute approximate surface area is 224 Å². The van der Waals surface area contributed by atoms with Gasteiger partial charge in [0, 0.05) is 36.5 Å². The minimum Gasteiger partial charge on any atom is -0.461 e. The fraction of sp³-hybridized carbons (Fsp3) is 0.385. The minimum atomic E-state index is -0.429. The summed E-state index contributed by atoms with van der Waals surface area (Å²) in [7, 11) is 0. The lowest BCUT2D eigenvalue weighted by molar-refractivity contribution is -0.116. The van der Waals surface area contributed by atoms with Crippen LogP contribution in [0.5, 0.6) is 0 Å². The average molecular weight is 538 g/mol. The van der Waals surface area contributed by atoms with Crippen molar-refractivity contribution >= 4 is 44.9 Å². The van der Waals surface area contributed by atoms with E-state index in [4.69, 9.17) is 15.0 Å². The number of anilines is 2. The number of pyridine rings is 1. The molecule has 12 heteroatoms. The molecule has 1 atom stereocenters. The van der Waals surface area contributed by atoms with Gasteiger partial charge in [-0.1, -0.05) is 35.5 Å². The first-order valence-corrected chi connectivity index (χ1v) is 13.3. The monoisotopic (exact) mass is 537 g/mol. The zero-order valence-corrected chi connectivity index (χ0v) is 22.4. The molecule has 3 aromatic heterocycles. The Morgan fingerprint density at radius 2 is 2.05 bits per heavy atom. The maximum absolute atomic E-state index is 13.0. The second kappa shape index (κ2) is 12.6. The average Bonchev–Trinajstić information content (AvgIpc) is 3.50. The van der Waals surface area contributed by atoms with Crippen LogP contribution in [-0.4, -0.2) is 51.2 Å². The van der Waals surface area contributed by atoms with Crippen molar-refractivity contribution in [3.8, 4) is 11.4 Å². The number of amides is 1. The fourth-order valence-electron chi connectivity index (χ4n) is 3.92. The number of ether oxygens (including phenoxy) is 1. The number of carbonyl (C=O) groups excluding carboxylic acids is 2. The number of nitrogens with two attached hydrogens (primary N) is 1. The number of esters is 1. The molecule has 1 aromatic carbocycles. The van der Waals surface area contributed by atoms with E-state index in [1.165, 1.54) is 0 Å². The Morgan fingerprint density at radius 1 is 1.21 bits per heavy atom. The smallest absolute Gasteiger partial charge is 0.350 e. The third-order valence-electron chi connectivity index (χ3n) is 5.75. The van der Waals surface area contributed by atoms with Gasteiger partial charge in [0.25, 0.3) is 0 Å². The van der Waals surface area contributed by atoms with Crippen LogP contribution < -0.4 is 16.4 Å². The van der Waals surface area contributed by atoms with E-state index in [9.17, 15) is 9.59 Å². The zero-order valence-electron chi connectivity index (χ0n) is 21.6. The SMILES string of the molecule is CCCOC(=O)c1sc(NC(=O)CC(CCCN)Nc2nccc3ccc(-c4noc(C)n4)cc23)nc1C. The highest BCUT2D eigenvalue weighted by molar-refractivity contribution is 7.17. The third kappa shape index (κ3) is 6.69. The van der Waals surface area contributed by atoms with Crippen LogP contribution in [0.4, 0.5) is 10.9 Å². The van der Waals surface area contributed by atoms with E-state index < -0.39 is 5.97 Å². The first-order chi connectivity index (χ1) is 18.4. The summed E-state index contributed by atoms with van der Waals surface area (Å²) in [5.74, 6) is 0.963. The van der Waals surface area contributed by atoms with Gasteiger partial charge in [0.15, 0.2) is 5.13 Å². The Morgan fingerprint density at radius 3 is 2.79 bits per heavy atom. The van der Waals surface area contributed by atoms with Crippen molar-refractivity contribution in [3.63, 3.8) is 0 Å². The Kier molecular flexibility index (Phi) is 8.98. The standard InChI is InChI=1S/C26H31N7O4S/c1-4-12-36-25(35)22-15(2)29-26(38-22)32-21(34)14-19(6-5-10-27)31-24-20-13-18(23-30-16(3)37-33-23)8-7-17(20)9-11-28-24/h7-9,11,13,19H,4-6,10,12,14,27H2,1-3H3,(H,28,31)(H,29,32,34). The molecular formula is C26H31N7O4S. The van der Waals surface area contributed by atoms with E-state index in [1.54, 1.807) is 20.0 Å². The van der Waals surface area contributed by atoms with Gasteiger partial charge in [-0.15, -0.1) is 0 Å². The van der Waals surface area contributed by atoms with Gasteiger partial charge in [-0.2, -0.15) is 4.98 Å². The molecule has 4 aromatic rings. The first-order valence-electron chi connectivity index (χ1n) is 12.5. The van der Waals surface area contributed by atoms with Crippen LogP contribution in [0.3, 0.4) is 0 Å². The summed E-state index contributed by atoms with van der Waals surface area (Å²) in [4.78, 5) is 38.8. The van der Waals surface area contributed by atoms with Crippen LogP contribution in [0.15, 0.2) is 35.0 Å². The van der Waals surface area contributed by atoms with Crippen molar-refractivity contribution in [2.75, 3.05) is 23.8 Å². The van der Waals surface area contributed by atoms with Gasteiger partial charge < -0.3 is 25.6 Å². The quantitative estimate of drug-likeness (QED) is 0.220. The molecule has 0 saturated carbocycles. The van der Waals surface area contributed by atoms with Crippen molar-refractivity contribution < 1.29 is 18.8 Å². The summed E-state index contributed by atoms with van der Waals surface area (Å²) in [5, 5.41) is 12.5. The van der Waals surface area contributed by atoms with E-state index in [2.05, 4.69) is 30.7 Å². The third-order valence-corrected chi connectivity index (χ3v) is 6.80. The molecule has 38 heavy (non-hydrogen) atoms. The highest BCUT2D eigenvalue weighted by atomic mass is 32.1. The molecule has 1 amide bonds. The van der Waals surface area contributed by atoms with Crippen LogP contribution in [-0.2, 0) is 9.53 Å². The summed E-state index contributed by atoms with van der Waals surface area (Å²) in [6, 6.07) is 7.53. The highest BCUT2D eigenvalue weighted by Crippen LogP contribution is 2.28. The summed E-state index contributed by atoms with van der Waals surface area (Å²) in [6.45, 7) is 6.22. The molecule has 4 rings (SSSR count). The molecule has 0 aliphatic carbocycles. The van der Waals surface area contributed by atoms with Crippen molar-refractivity contribution in [3.05, 3.63) is 46.9 Å². The number of carbonyl (C=O) groups is 2. The molecule has 11 nitrogen and oxygen atoms in total. The van der Waals surface area contributed by atoms with Gasteiger partial charge in [-0.3, -0.25) is 4.79 Å². The fourth-order valence-corrected chi connectivity index (χ4v) is 4.79. The van der Waals surface area contributed by atoms with Crippen LogP contribution in [0.25, 0.3) is 22.2 Å².